The number of hydrogen-bond donors (Lipinski definition) is 1. The van der Waals surface area contributed by atoms with Crippen LogP contribution in [0.15, 0.2) is 12.5 Å². The molecule has 1 aromatic rings. The molecule has 1 aliphatic heterocycles. The van der Waals surface area contributed by atoms with Crippen molar-refractivity contribution in [3.8, 4) is 0 Å². The lowest BCUT2D eigenvalue weighted by Crippen LogP contribution is -2.46. The number of carbonyl (C=O) groups is 1. The summed E-state index contributed by atoms with van der Waals surface area (Å²) in [5, 5.41) is 0. The Morgan fingerprint density at radius 3 is 2.89 bits per heavy atom. The van der Waals surface area contributed by atoms with Gasteiger partial charge in [0.15, 0.2) is 0 Å². The van der Waals surface area contributed by atoms with Crippen molar-refractivity contribution in [2.45, 2.75) is 19.9 Å². The van der Waals surface area contributed by atoms with Gasteiger partial charge in [0.1, 0.15) is 0 Å². The van der Waals surface area contributed by atoms with E-state index in [0.717, 1.165) is 12.2 Å². The maximum Gasteiger partial charge on any atom is 0.227 e. The molecule has 2 N–H and O–H groups in total. The highest BCUT2D eigenvalue weighted by molar-refractivity contribution is 5.79. The van der Waals surface area contributed by atoms with Crippen LogP contribution in [0.5, 0.6) is 0 Å². The van der Waals surface area contributed by atoms with Crippen molar-refractivity contribution in [2.24, 2.45) is 11.7 Å². The maximum atomic E-state index is 12.4. The van der Waals surface area contributed by atoms with Gasteiger partial charge in [0.2, 0.25) is 5.91 Å². The molecule has 2 heterocycles. The quantitative estimate of drug-likeness (QED) is 0.806. The van der Waals surface area contributed by atoms with E-state index < -0.39 is 0 Å². The maximum absolute atomic E-state index is 12.4. The van der Waals surface area contributed by atoms with E-state index in [0.29, 0.717) is 39.3 Å². The van der Waals surface area contributed by atoms with Gasteiger partial charge >= 0.3 is 0 Å². The zero-order chi connectivity index (χ0) is 13.7. The number of ether oxygens (including phenoxy) is 1. The van der Waals surface area contributed by atoms with E-state index in [1.807, 2.05) is 11.1 Å². The summed E-state index contributed by atoms with van der Waals surface area (Å²) >= 11 is 0. The molecule has 0 spiro atoms. The second-order valence-corrected chi connectivity index (χ2v) is 4.75. The van der Waals surface area contributed by atoms with Gasteiger partial charge in [0.05, 0.1) is 25.5 Å². The van der Waals surface area contributed by atoms with Crippen molar-refractivity contribution in [3.05, 3.63) is 18.2 Å². The fourth-order valence-electron chi connectivity index (χ4n) is 2.37. The minimum Gasteiger partial charge on any atom is -0.378 e. The number of amides is 1. The minimum atomic E-state index is -0.167. The molecule has 2 rings (SSSR count). The number of aromatic nitrogens is 2. The highest BCUT2D eigenvalue weighted by Crippen LogP contribution is 2.12. The van der Waals surface area contributed by atoms with Crippen LogP contribution in [0.4, 0.5) is 0 Å². The largest absolute Gasteiger partial charge is 0.378 e. The van der Waals surface area contributed by atoms with Gasteiger partial charge < -0.3 is 19.9 Å². The molecular weight excluding hydrogens is 244 g/mol. The van der Waals surface area contributed by atoms with Crippen LogP contribution in [-0.4, -0.2) is 53.2 Å². The van der Waals surface area contributed by atoms with Crippen LogP contribution in [0.1, 0.15) is 12.6 Å². The second kappa shape index (κ2) is 6.68. The molecule has 6 heteroatoms. The average molecular weight is 266 g/mol. The molecular formula is C13H22N4O2. The van der Waals surface area contributed by atoms with Gasteiger partial charge in [-0.25, -0.2) is 4.98 Å². The van der Waals surface area contributed by atoms with Crippen LogP contribution in [-0.2, 0) is 22.5 Å². The lowest BCUT2D eigenvalue weighted by atomic mass is 10.0. The number of nitrogens with two attached hydrogens (primary N) is 1. The third-order valence-corrected chi connectivity index (χ3v) is 3.55. The first kappa shape index (κ1) is 14.0. The van der Waals surface area contributed by atoms with Gasteiger partial charge in [-0.3, -0.25) is 4.79 Å². The summed E-state index contributed by atoms with van der Waals surface area (Å²) < 4.78 is 7.32. The smallest absolute Gasteiger partial charge is 0.227 e. The molecule has 1 aliphatic rings. The first-order valence-electron chi connectivity index (χ1n) is 6.81. The molecule has 1 saturated heterocycles. The lowest BCUT2D eigenvalue weighted by Gasteiger charge is -2.30. The van der Waals surface area contributed by atoms with Crippen LogP contribution < -0.4 is 5.73 Å². The first-order chi connectivity index (χ1) is 9.26. The van der Waals surface area contributed by atoms with Crippen LogP contribution >= 0.6 is 0 Å². The van der Waals surface area contributed by atoms with Crippen LogP contribution in [0, 0.1) is 5.92 Å². The number of morpholine rings is 1. The fraction of sp³-hybridized carbons (Fsp3) is 0.692. The van der Waals surface area contributed by atoms with Gasteiger partial charge in [-0.05, 0) is 6.92 Å². The number of imidazole rings is 1. The molecule has 19 heavy (non-hydrogen) atoms. The summed E-state index contributed by atoms with van der Waals surface area (Å²) in [6.45, 7) is 5.87. The summed E-state index contributed by atoms with van der Waals surface area (Å²) in [6, 6.07) is 0. The average Bonchev–Trinajstić information content (AvgIpc) is 2.92. The zero-order valence-corrected chi connectivity index (χ0v) is 11.4. The van der Waals surface area contributed by atoms with Crippen molar-refractivity contribution in [1.29, 1.82) is 0 Å². The molecule has 0 saturated carbocycles. The van der Waals surface area contributed by atoms with E-state index >= 15 is 0 Å². The van der Waals surface area contributed by atoms with E-state index in [4.69, 9.17) is 10.5 Å². The normalized spacial score (nSPS) is 17.5. The van der Waals surface area contributed by atoms with E-state index in [2.05, 4.69) is 16.5 Å². The van der Waals surface area contributed by atoms with Crippen molar-refractivity contribution < 1.29 is 9.53 Å². The molecule has 6 nitrogen and oxygen atoms in total. The SMILES string of the molecule is CCn1cncc1CC(CN)C(=O)N1CCOCC1. The molecule has 0 bridgehead atoms. The Kier molecular flexibility index (Phi) is 4.93. The van der Waals surface area contributed by atoms with Crippen LogP contribution in [0.3, 0.4) is 0 Å². The molecule has 106 valence electrons. The number of rotatable bonds is 5. The number of aryl methyl sites for hydroxylation is 1. The topological polar surface area (TPSA) is 73.4 Å². The van der Waals surface area contributed by atoms with Gasteiger partial charge in [0.25, 0.3) is 0 Å². The summed E-state index contributed by atoms with van der Waals surface area (Å²) in [5.41, 5.74) is 6.85. The number of hydrogen-bond acceptors (Lipinski definition) is 4. The Labute approximate surface area is 113 Å². The van der Waals surface area contributed by atoms with Crippen molar-refractivity contribution in [2.75, 3.05) is 32.8 Å². The predicted molar refractivity (Wildman–Crippen MR) is 71.5 cm³/mol. The van der Waals surface area contributed by atoms with Gasteiger partial charge in [-0.15, -0.1) is 0 Å². The molecule has 1 fully saturated rings. The standard InChI is InChI=1S/C13H22N4O2/c1-2-16-10-15-9-12(16)7-11(8-14)13(18)17-3-5-19-6-4-17/h9-11H,2-8,14H2,1H3. The van der Waals surface area contributed by atoms with Gasteiger partial charge in [-0.2, -0.15) is 0 Å². The first-order valence-corrected chi connectivity index (χ1v) is 6.81. The molecule has 1 aromatic heterocycles. The monoisotopic (exact) mass is 266 g/mol. The Hall–Kier alpha value is -1.40. The number of nitrogens with zero attached hydrogens (tertiary/aromatic N) is 3. The highest BCUT2D eigenvalue weighted by Gasteiger charge is 2.25. The summed E-state index contributed by atoms with van der Waals surface area (Å²) in [4.78, 5) is 18.4. The van der Waals surface area contributed by atoms with E-state index in [1.165, 1.54) is 0 Å². The van der Waals surface area contributed by atoms with E-state index in [1.54, 1.807) is 6.33 Å². The Morgan fingerprint density at radius 1 is 1.53 bits per heavy atom. The van der Waals surface area contributed by atoms with Crippen molar-refractivity contribution in [3.63, 3.8) is 0 Å². The van der Waals surface area contributed by atoms with Gasteiger partial charge in [-0.1, -0.05) is 0 Å². The van der Waals surface area contributed by atoms with Gasteiger partial charge in [0, 0.05) is 44.5 Å². The van der Waals surface area contributed by atoms with Crippen molar-refractivity contribution in [1.82, 2.24) is 14.5 Å². The minimum absolute atomic E-state index is 0.134. The fourth-order valence-corrected chi connectivity index (χ4v) is 2.37. The van der Waals surface area contributed by atoms with E-state index in [-0.39, 0.29) is 11.8 Å². The predicted octanol–water partition coefficient (Wildman–Crippen LogP) is -0.121. The van der Waals surface area contributed by atoms with Crippen LogP contribution in [0.2, 0.25) is 0 Å². The molecule has 1 unspecified atom stereocenters. The molecule has 1 atom stereocenters. The number of carbonyl (C=O) groups excluding carboxylic acids is 1. The second-order valence-electron chi connectivity index (χ2n) is 4.75. The van der Waals surface area contributed by atoms with Crippen molar-refractivity contribution >= 4 is 5.91 Å². The molecule has 0 aromatic carbocycles. The third-order valence-electron chi connectivity index (χ3n) is 3.55. The Morgan fingerprint density at radius 2 is 2.26 bits per heavy atom. The lowest BCUT2D eigenvalue weighted by molar-refractivity contribution is -0.139. The summed E-state index contributed by atoms with van der Waals surface area (Å²) in [6.07, 6.45) is 4.27. The third kappa shape index (κ3) is 3.33. The molecule has 0 radical (unpaired) electrons. The summed E-state index contributed by atoms with van der Waals surface area (Å²) in [7, 11) is 0. The Bertz CT molecular complexity index is 413. The molecule has 0 aliphatic carbocycles. The van der Waals surface area contributed by atoms with E-state index in [9.17, 15) is 4.79 Å². The highest BCUT2D eigenvalue weighted by atomic mass is 16.5. The Balaban J connectivity index is 2.01. The summed E-state index contributed by atoms with van der Waals surface area (Å²) in [5.74, 6) is -0.0326. The van der Waals surface area contributed by atoms with Crippen LogP contribution in [0.25, 0.3) is 0 Å². The zero-order valence-electron chi connectivity index (χ0n) is 11.4. The molecule has 1 amide bonds.